The van der Waals surface area contributed by atoms with Gasteiger partial charge in [-0.1, -0.05) is 18.2 Å². The van der Waals surface area contributed by atoms with E-state index in [2.05, 4.69) is 23.6 Å². The topological polar surface area (TPSA) is 12.9 Å². The van der Waals surface area contributed by atoms with Gasteiger partial charge in [-0.05, 0) is 24.0 Å². The van der Waals surface area contributed by atoms with Gasteiger partial charge in [-0.2, -0.15) is 4.37 Å². The maximum atomic E-state index is 3.98. The van der Waals surface area contributed by atoms with E-state index in [1.807, 2.05) is 12.1 Å². The Hall–Kier alpha value is -0.890. The Labute approximate surface area is 63.5 Å². The third-order valence-corrected chi connectivity index (χ3v) is 2.42. The second kappa shape index (κ2) is 2.06. The second-order valence-electron chi connectivity index (χ2n) is 2.25. The molecule has 0 amide bonds. The monoisotopic (exact) mass is 148 g/mol. The van der Waals surface area contributed by atoms with Crippen molar-refractivity contribution in [3.63, 3.8) is 0 Å². The van der Waals surface area contributed by atoms with E-state index in [0.29, 0.717) is 0 Å². The first-order valence-electron chi connectivity index (χ1n) is 3.10. The first-order chi connectivity index (χ1) is 4.88. The molecule has 2 rings (SSSR count). The minimum absolute atomic E-state index is 1.13. The highest BCUT2D eigenvalue weighted by molar-refractivity contribution is 7.13. The molecule has 0 aliphatic carbocycles. The van der Waals surface area contributed by atoms with Gasteiger partial charge < -0.3 is 0 Å². The van der Waals surface area contributed by atoms with Crippen LogP contribution in [0, 0.1) is 13.1 Å². The predicted octanol–water partition coefficient (Wildman–Crippen LogP) is 2.40. The van der Waals surface area contributed by atoms with Crippen LogP contribution in [-0.4, -0.2) is 4.37 Å². The number of fused-ring (bicyclic) bond motifs is 1. The number of benzene rings is 1. The van der Waals surface area contributed by atoms with E-state index in [-0.39, 0.29) is 0 Å². The van der Waals surface area contributed by atoms with Crippen molar-refractivity contribution in [1.82, 2.24) is 4.37 Å². The summed E-state index contributed by atoms with van der Waals surface area (Å²) in [6.45, 7) is 2.09. The summed E-state index contributed by atoms with van der Waals surface area (Å²) >= 11 is 1.51. The molecule has 0 spiro atoms. The van der Waals surface area contributed by atoms with Crippen molar-refractivity contribution in [3.8, 4) is 0 Å². The molecule has 0 bridgehead atoms. The van der Waals surface area contributed by atoms with Gasteiger partial charge in [0, 0.05) is 5.39 Å². The van der Waals surface area contributed by atoms with Crippen LogP contribution in [0.3, 0.4) is 0 Å². The Kier molecular flexibility index (Phi) is 1.21. The van der Waals surface area contributed by atoms with Crippen LogP contribution in [0.5, 0.6) is 0 Å². The molecular formula is C8H6NS. The van der Waals surface area contributed by atoms with Crippen LogP contribution in [0.4, 0.5) is 0 Å². The lowest BCUT2D eigenvalue weighted by Crippen LogP contribution is -1.68. The molecule has 0 saturated heterocycles. The van der Waals surface area contributed by atoms with Crippen LogP contribution >= 0.6 is 11.5 Å². The Morgan fingerprint density at radius 3 is 3.20 bits per heavy atom. The minimum atomic E-state index is 1.13. The molecule has 0 N–H and O–H groups in total. The molecule has 49 valence electrons. The normalized spacial score (nSPS) is 10.5. The molecule has 1 radical (unpaired) electrons. The van der Waals surface area contributed by atoms with Gasteiger partial charge in [-0.15, -0.1) is 0 Å². The van der Waals surface area contributed by atoms with Crippen molar-refractivity contribution < 1.29 is 0 Å². The van der Waals surface area contributed by atoms with Crippen molar-refractivity contribution in [1.29, 1.82) is 0 Å². The van der Waals surface area contributed by atoms with E-state index in [1.165, 1.54) is 21.8 Å². The van der Waals surface area contributed by atoms with Gasteiger partial charge in [-0.25, -0.2) is 0 Å². The maximum absolute atomic E-state index is 3.98. The first-order valence-corrected chi connectivity index (χ1v) is 3.88. The van der Waals surface area contributed by atoms with Gasteiger partial charge in [-0.3, -0.25) is 0 Å². The Morgan fingerprint density at radius 1 is 1.50 bits per heavy atom. The summed E-state index contributed by atoms with van der Waals surface area (Å²) in [6, 6.07) is 6.16. The highest BCUT2D eigenvalue weighted by Crippen LogP contribution is 2.20. The molecule has 1 aromatic carbocycles. The zero-order valence-electron chi connectivity index (χ0n) is 5.59. The smallest absolute Gasteiger partial charge is 0.112 e. The lowest BCUT2D eigenvalue weighted by molar-refractivity contribution is 1.55. The SMILES string of the molecule is Cc1cccc2[c]nsc12. The standard InChI is InChI=1S/C8H6NS/c1-6-3-2-4-7-5-9-10-8(6)7/h2-4H,1H3. The molecular weight excluding hydrogens is 142 g/mol. The Balaban J connectivity index is 2.95. The summed E-state index contributed by atoms with van der Waals surface area (Å²) in [5.74, 6) is 0. The number of hydrogen-bond acceptors (Lipinski definition) is 2. The molecule has 0 aliphatic rings. The van der Waals surface area contributed by atoms with Gasteiger partial charge in [0.2, 0.25) is 0 Å². The molecule has 0 unspecified atom stereocenters. The third-order valence-electron chi connectivity index (χ3n) is 1.51. The molecule has 10 heavy (non-hydrogen) atoms. The largest absolute Gasteiger partial charge is 0.190 e. The number of nitrogens with zero attached hydrogens (tertiary/aromatic N) is 1. The maximum Gasteiger partial charge on any atom is 0.112 e. The number of aryl methyl sites for hydroxylation is 1. The molecule has 2 heteroatoms. The van der Waals surface area contributed by atoms with Gasteiger partial charge in [0.05, 0.1) is 4.70 Å². The summed E-state index contributed by atoms with van der Waals surface area (Å²) in [5.41, 5.74) is 1.29. The molecule has 1 aromatic heterocycles. The van der Waals surface area contributed by atoms with Crippen LogP contribution in [0.25, 0.3) is 10.1 Å². The van der Waals surface area contributed by atoms with Crippen LogP contribution in [0.15, 0.2) is 18.2 Å². The Morgan fingerprint density at radius 2 is 2.40 bits per heavy atom. The van der Waals surface area contributed by atoms with E-state index < -0.39 is 0 Å². The Bertz CT molecular complexity index is 351. The fraction of sp³-hybridized carbons (Fsp3) is 0.125. The number of aromatic nitrogens is 1. The summed E-state index contributed by atoms with van der Waals surface area (Å²) in [7, 11) is 0. The molecule has 0 aliphatic heterocycles. The van der Waals surface area contributed by atoms with Crippen molar-refractivity contribution in [3.05, 3.63) is 30.0 Å². The summed E-state index contributed by atoms with van der Waals surface area (Å²) < 4.78 is 5.23. The summed E-state index contributed by atoms with van der Waals surface area (Å²) in [6.07, 6.45) is 2.93. The van der Waals surface area contributed by atoms with Gasteiger partial charge in [0.1, 0.15) is 6.20 Å². The quantitative estimate of drug-likeness (QED) is 0.559. The molecule has 0 saturated carbocycles. The zero-order valence-corrected chi connectivity index (χ0v) is 6.40. The van der Waals surface area contributed by atoms with Gasteiger partial charge in [0.25, 0.3) is 0 Å². The predicted molar refractivity (Wildman–Crippen MR) is 43.2 cm³/mol. The third kappa shape index (κ3) is 0.727. The molecule has 0 atom stereocenters. The lowest BCUT2D eigenvalue weighted by Gasteiger charge is -1.89. The molecule has 1 nitrogen and oxygen atoms in total. The second-order valence-corrected chi connectivity index (χ2v) is 3.02. The average Bonchev–Trinajstić information content (AvgIpc) is 2.36. The molecule has 2 aromatic rings. The van der Waals surface area contributed by atoms with Crippen molar-refractivity contribution >= 4 is 21.6 Å². The summed E-state index contributed by atoms with van der Waals surface area (Å²) in [5, 5.41) is 1.13. The fourth-order valence-corrected chi connectivity index (χ4v) is 1.64. The number of rotatable bonds is 0. The molecule has 1 heterocycles. The van der Waals surface area contributed by atoms with Crippen molar-refractivity contribution in [2.75, 3.05) is 0 Å². The van der Waals surface area contributed by atoms with Gasteiger partial charge >= 0.3 is 0 Å². The van der Waals surface area contributed by atoms with Gasteiger partial charge in [0.15, 0.2) is 0 Å². The van der Waals surface area contributed by atoms with Crippen molar-refractivity contribution in [2.45, 2.75) is 6.92 Å². The van der Waals surface area contributed by atoms with Crippen LogP contribution in [-0.2, 0) is 0 Å². The van der Waals surface area contributed by atoms with E-state index in [4.69, 9.17) is 0 Å². The lowest BCUT2D eigenvalue weighted by atomic mass is 10.2. The highest BCUT2D eigenvalue weighted by Gasteiger charge is 1.96. The zero-order chi connectivity index (χ0) is 6.97. The van der Waals surface area contributed by atoms with Crippen LogP contribution in [0.2, 0.25) is 0 Å². The van der Waals surface area contributed by atoms with Crippen LogP contribution in [0.1, 0.15) is 5.56 Å². The highest BCUT2D eigenvalue weighted by atomic mass is 32.1. The summed E-state index contributed by atoms with van der Waals surface area (Å²) in [4.78, 5) is 0. The van der Waals surface area contributed by atoms with Crippen molar-refractivity contribution in [2.24, 2.45) is 0 Å². The number of hydrogen-bond donors (Lipinski definition) is 0. The minimum Gasteiger partial charge on any atom is -0.190 e. The van der Waals surface area contributed by atoms with E-state index in [9.17, 15) is 0 Å². The first kappa shape index (κ1) is 5.86. The molecule has 0 fully saturated rings. The van der Waals surface area contributed by atoms with E-state index in [1.54, 1.807) is 0 Å². The van der Waals surface area contributed by atoms with E-state index >= 15 is 0 Å². The fourth-order valence-electron chi connectivity index (χ4n) is 0.979. The van der Waals surface area contributed by atoms with Crippen LogP contribution < -0.4 is 0 Å². The van der Waals surface area contributed by atoms with E-state index in [0.717, 1.165) is 5.39 Å². The average molecular weight is 148 g/mol.